The maximum Gasteiger partial charge on any atom is 0.161 e. The van der Waals surface area contributed by atoms with Crippen molar-refractivity contribution in [1.29, 1.82) is 0 Å². The molecule has 0 radical (unpaired) electrons. The van der Waals surface area contributed by atoms with E-state index in [1.807, 2.05) is 0 Å². The zero-order valence-corrected chi connectivity index (χ0v) is 7.36. The van der Waals surface area contributed by atoms with E-state index in [0.717, 1.165) is 25.7 Å². The first-order valence-corrected chi connectivity index (χ1v) is 4.63. The molecule has 0 spiro atoms. The largest absolute Gasteiger partial charge is 0.393 e. The van der Waals surface area contributed by atoms with Crippen molar-refractivity contribution in [2.75, 3.05) is 0 Å². The summed E-state index contributed by atoms with van der Waals surface area (Å²) >= 11 is 0. The van der Waals surface area contributed by atoms with Crippen molar-refractivity contribution in [1.82, 2.24) is 9.78 Å². The van der Waals surface area contributed by atoms with E-state index in [9.17, 15) is 9.50 Å². The van der Waals surface area contributed by atoms with Gasteiger partial charge in [0.05, 0.1) is 24.5 Å². The average Bonchev–Trinajstić information content (AvgIpc) is 2.53. The van der Waals surface area contributed by atoms with Crippen LogP contribution in [0.3, 0.4) is 0 Å². The van der Waals surface area contributed by atoms with Crippen molar-refractivity contribution < 1.29 is 9.50 Å². The van der Waals surface area contributed by atoms with Crippen LogP contribution in [0.25, 0.3) is 0 Å². The van der Waals surface area contributed by atoms with Gasteiger partial charge in [-0.3, -0.25) is 4.68 Å². The Hall–Kier alpha value is -0.900. The number of aromatic nitrogens is 2. The summed E-state index contributed by atoms with van der Waals surface area (Å²) in [5, 5.41) is 13.2. The first-order valence-electron chi connectivity index (χ1n) is 4.63. The predicted octanol–water partition coefficient (Wildman–Crippen LogP) is 1.50. The van der Waals surface area contributed by atoms with Crippen molar-refractivity contribution in [3.63, 3.8) is 0 Å². The Kier molecular flexibility index (Phi) is 2.31. The molecule has 1 aliphatic carbocycles. The Morgan fingerprint density at radius 3 is 2.62 bits per heavy atom. The molecule has 0 bridgehead atoms. The summed E-state index contributed by atoms with van der Waals surface area (Å²) in [4.78, 5) is 0. The molecule has 4 heteroatoms. The van der Waals surface area contributed by atoms with Gasteiger partial charge in [0.15, 0.2) is 5.82 Å². The lowest BCUT2D eigenvalue weighted by atomic mass is 9.93. The molecule has 0 unspecified atom stereocenters. The number of nitrogens with zero attached hydrogens (tertiary/aromatic N) is 2. The zero-order chi connectivity index (χ0) is 9.26. The van der Waals surface area contributed by atoms with Crippen LogP contribution < -0.4 is 0 Å². The molecule has 1 N–H and O–H groups in total. The zero-order valence-electron chi connectivity index (χ0n) is 7.36. The second-order valence-electron chi connectivity index (χ2n) is 3.60. The van der Waals surface area contributed by atoms with E-state index in [0.29, 0.717) is 0 Å². The Morgan fingerprint density at radius 2 is 2.08 bits per heavy atom. The van der Waals surface area contributed by atoms with Crippen molar-refractivity contribution >= 4 is 0 Å². The molecule has 0 aromatic carbocycles. The lowest BCUT2D eigenvalue weighted by molar-refractivity contribution is 0.108. The Labute approximate surface area is 76.2 Å². The third kappa shape index (κ3) is 1.88. The summed E-state index contributed by atoms with van der Waals surface area (Å²) in [6.45, 7) is 0. The highest BCUT2D eigenvalue weighted by molar-refractivity contribution is 4.87. The maximum absolute atomic E-state index is 12.6. The molecule has 0 amide bonds. The molecule has 1 heterocycles. The fraction of sp³-hybridized carbons (Fsp3) is 0.667. The van der Waals surface area contributed by atoms with Gasteiger partial charge in [0, 0.05) is 0 Å². The van der Waals surface area contributed by atoms with Gasteiger partial charge in [-0.1, -0.05) is 0 Å². The third-order valence-corrected chi connectivity index (χ3v) is 2.61. The molecule has 13 heavy (non-hydrogen) atoms. The molecule has 1 aromatic heterocycles. The number of rotatable bonds is 1. The molecule has 0 saturated heterocycles. The van der Waals surface area contributed by atoms with Crippen LogP contribution in [0.2, 0.25) is 0 Å². The Balaban J connectivity index is 2.02. The fourth-order valence-electron chi connectivity index (χ4n) is 1.84. The lowest BCUT2D eigenvalue weighted by Crippen LogP contribution is -2.21. The number of hydrogen-bond acceptors (Lipinski definition) is 2. The van der Waals surface area contributed by atoms with Crippen LogP contribution in [-0.4, -0.2) is 21.0 Å². The second-order valence-corrected chi connectivity index (χ2v) is 3.60. The van der Waals surface area contributed by atoms with E-state index >= 15 is 0 Å². The predicted molar refractivity (Wildman–Crippen MR) is 45.7 cm³/mol. The topological polar surface area (TPSA) is 38.0 Å². The molecule has 3 nitrogen and oxygen atoms in total. The van der Waals surface area contributed by atoms with Crippen LogP contribution in [0.1, 0.15) is 31.7 Å². The Bertz CT molecular complexity index is 279. The quantitative estimate of drug-likeness (QED) is 0.718. The summed E-state index contributed by atoms with van der Waals surface area (Å²) in [6, 6.07) is 0.271. The lowest BCUT2D eigenvalue weighted by Gasteiger charge is -2.25. The van der Waals surface area contributed by atoms with Crippen LogP contribution in [0, 0.1) is 5.82 Å². The number of hydrogen-bond donors (Lipinski definition) is 1. The molecule has 0 atom stereocenters. The standard InChI is InChI=1S/C9H13FN2O/c10-7-5-11-12(6-7)8-1-3-9(13)4-2-8/h5-6,8-9,13H,1-4H2/t8-,9+. The molecule has 1 aromatic rings. The Morgan fingerprint density at radius 1 is 1.38 bits per heavy atom. The van der Waals surface area contributed by atoms with E-state index in [2.05, 4.69) is 5.10 Å². The van der Waals surface area contributed by atoms with Crippen LogP contribution in [0.15, 0.2) is 12.4 Å². The summed E-state index contributed by atoms with van der Waals surface area (Å²) < 4.78 is 14.3. The van der Waals surface area contributed by atoms with Gasteiger partial charge in [0.1, 0.15) is 0 Å². The third-order valence-electron chi connectivity index (χ3n) is 2.61. The minimum Gasteiger partial charge on any atom is -0.393 e. The highest BCUT2D eigenvalue weighted by atomic mass is 19.1. The monoisotopic (exact) mass is 184 g/mol. The molecule has 2 rings (SSSR count). The van der Waals surface area contributed by atoms with Gasteiger partial charge in [-0.25, -0.2) is 4.39 Å². The first kappa shape index (κ1) is 8.69. The van der Waals surface area contributed by atoms with Gasteiger partial charge < -0.3 is 5.11 Å². The van der Waals surface area contributed by atoms with Crippen molar-refractivity contribution in [2.24, 2.45) is 0 Å². The average molecular weight is 184 g/mol. The molecule has 72 valence electrons. The normalized spacial score (nSPS) is 29.1. The van der Waals surface area contributed by atoms with Crippen molar-refractivity contribution in [3.05, 3.63) is 18.2 Å². The SMILES string of the molecule is O[C@H]1CC[C@@H](n2cc(F)cn2)CC1. The highest BCUT2D eigenvalue weighted by Gasteiger charge is 2.21. The smallest absolute Gasteiger partial charge is 0.161 e. The van der Waals surface area contributed by atoms with Crippen molar-refractivity contribution in [3.8, 4) is 0 Å². The van der Waals surface area contributed by atoms with E-state index in [4.69, 9.17) is 0 Å². The molecule has 1 saturated carbocycles. The molecular formula is C9H13FN2O. The number of halogens is 1. The van der Waals surface area contributed by atoms with Crippen LogP contribution in [0.5, 0.6) is 0 Å². The minimum atomic E-state index is -0.286. The van der Waals surface area contributed by atoms with Gasteiger partial charge in [-0.2, -0.15) is 5.10 Å². The summed E-state index contributed by atoms with van der Waals surface area (Å²) in [5.41, 5.74) is 0. The summed E-state index contributed by atoms with van der Waals surface area (Å²) in [5.74, 6) is -0.286. The molecule has 1 fully saturated rings. The summed E-state index contributed by atoms with van der Waals surface area (Å²) in [7, 11) is 0. The van der Waals surface area contributed by atoms with Crippen LogP contribution >= 0.6 is 0 Å². The van der Waals surface area contributed by atoms with Gasteiger partial charge in [-0.05, 0) is 25.7 Å². The molecule has 1 aliphatic rings. The highest BCUT2D eigenvalue weighted by Crippen LogP contribution is 2.27. The maximum atomic E-state index is 12.6. The molecular weight excluding hydrogens is 171 g/mol. The van der Waals surface area contributed by atoms with Gasteiger partial charge in [0.25, 0.3) is 0 Å². The van der Waals surface area contributed by atoms with Gasteiger partial charge >= 0.3 is 0 Å². The van der Waals surface area contributed by atoms with E-state index in [-0.39, 0.29) is 18.0 Å². The van der Waals surface area contributed by atoms with Crippen LogP contribution in [0.4, 0.5) is 4.39 Å². The first-order chi connectivity index (χ1) is 6.25. The van der Waals surface area contributed by atoms with Crippen LogP contribution in [-0.2, 0) is 0 Å². The van der Waals surface area contributed by atoms with E-state index in [1.54, 1.807) is 4.68 Å². The van der Waals surface area contributed by atoms with Gasteiger partial charge in [0.2, 0.25) is 0 Å². The fourth-order valence-corrected chi connectivity index (χ4v) is 1.84. The molecule has 0 aliphatic heterocycles. The van der Waals surface area contributed by atoms with Gasteiger partial charge in [-0.15, -0.1) is 0 Å². The number of aliphatic hydroxyl groups excluding tert-OH is 1. The minimum absolute atomic E-state index is 0.170. The number of aliphatic hydroxyl groups is 1. The summed E-state index contributed by atoms with van der Waals surface area (Å²) in [6.07, 6.45) is 5.85. The van der Waals surface area contributed by atoms with E-state index in [1.165, 1.54) is 12.4 Å². The second kappa shape index (κ2) is 3.46. The van der Waals surface area contributed by atoms with Crippen molar-refractivity contribution in [2.45, 2.75) is 37.8 Å². The van der Waals surface area contributed by atoms with E-state index < -0.39 is 0 Å².